The second kappa shape index (κ2) is 8.58. The van der Waals surface area contributed by atoms with Gasteiger partial charge < -0.3 is 20.6 Å². The van der Waals surface area contributed by atoms with Crippen LogP contribution in [0.15, 0.2) is 28.0 Å². The molecule has 10 nitrogen and oxygen atoms in total. The molecule has 4 rings (SSSR count). The van der Waals surface area contributed by atoms with Crippen molar-refractivity contribution in [2.75, 3.05) is 24.7 Å². The number of rotatable bonds is 8. The number of nitrogens with zero attached hydrogens (tertiary/aromatic N) is 4. The minimum atomic E-state index is -0.685. The summed E-state index contributed by atoms with van der Waals surface area (Å²) in [6.07, 6.45) is 7.29. The average molecular weight is 467 g/mol. The Labute approximate surface area is 197 Å². The first-order valence-electron chi connectivity index (χ1n) is 11.4. The van der Waals surface area contributed by atoms with Crippen LogP contribution in [0.1, 0.15) is 60.4 Å². The molecule has 10 heteroatoms. The number of carbonyl (C=O) groups excluding carboxylic acids is 1. The van der Waals surface area contributed by atoms with Crippen LogP contribution in [-0.2, 0) is 7.05 Å². The summed E-state index contributed by atoms with van der Waals surface area (Å²) in [6.45, 7) is 4.12. The van der Waals surface area contributed by atoms with Gasteiger partial charge in [-0.1, -0.05) is 13.3 Å². The second-order valence-corrected chi connectivity index (χ2v) is 9.31. The summed E-state index contributed by atoms with van der Waals surface area (Å²) in [5.41, 5.74) is 0.676. The lowest BCUT2D eigenvalue weighted by Crippen LogP contribution is -2.44. The zero-order valence-electron chi connectivity index (χ0n) is 20.1. The first-order valence-corrected chi connectivity index (χ1v) is 11.4. The number of pyridine rings is 1. The number of nitrogens with one attached hydrogen (secondary N) is 2. The lowest BCUT2D eigenvalue weighted by molar-refractivity contribution is 0.0818. The maximum Gasteiger partial charge on any atom is 0.275 e. The molecule has 1 aliphatic carbocycles. The van der Waals surface area contributed by atoms with Crippen LogP contribution >= 0.6 is 0 Å². The summed E-state index contributed by atoms with van der Waals surface area (Å²) in [6, 6.07) is 1.20. The van der Waals surface area contributed by atoms with Crippen molar-refractivity contribution in [3.63, 3.8) is 0 Å². The van der Waals surface area contributed by atoms with Crippen molar-refractivity contribution in [1.29, 1.82) is 0 Å². The highest BCUT2D eigenvalue weighted by molar-refractivity contribution is 5.97. The Kier molecular flexibility index (Phi) is 5.93. The normalized spacial score (nSPS) is 15.6. The van der Waals surface area contributed by atoms with E-state index in [-0.39, 0.29) is 40.0 Å². The molecule has 1 fully saturated rings. The highest BCUT2D eigenvalue weighted by atomic mass is 16.3. The second-order valence-electron chi connectivity index (χ2n) is 9.31. The van der Waals surface area contributed by atoms with E-state index in [1.807, 2.05) is 20.2 Å². The smallest absolute Gasteiger partial charge is 0.275 e. The molecule has 0 saturated heterocycles. The van der Waals surface area contributed by atoms with E-state index in [2.05, 4.69) is 27.6 Å². The molecular weight excluding hydrogens is 436 g/mol. The van der Waals surface area contributed by atoms with Gasteiger partial charge in [0.2, 0.25) is 0 Å². The van der Waals surface area contributed by atoms with Gasteiger partial charge in [-0.3, -0.25) is 19.1 Å². The number of anilines is 3. The Hall–Kier alpha value is -3.69. The van der Waals surface area contributed by atoms with Crippen LogP contribution in [0.2, 0.25) is 0 Å². The van der Waals surface area contributed by atoms with Crippen molar-refractivity contribution >= 4 is 23.0 Å². The quantitative estimate of drug-likeness (QED) is 0.432. The van der Waals surface area contributed by atoms with E-state index in [1.54, 1.807) is 18.8 Å². The topological polar surface area (TPSA) is 129 Å². The minimum Gasteiger partial charge on any atom is -0.504 e. The van der Waals surface area contributed by atoms with Gasteiger partial charge in [-0.15, -0.1) is 0 Å². The van der Waals surface area contributed by atoms with Gasteiger partial charge >= 0.3 is 0 Å². The molecule has 1 saturated carbocycles. The van der Waals surface area contributed by atoms with E-state index < -0.39 is 16.8 Å². The number of hydrogen-bond donors (Lipinski definition) is 3. The largest absolute Gasteiger partial charge is 0.504 e. The molecule has 3 N–H and O–H groups in total. The lowest BCUT2D eigenvalue weighted by Gasteiger charge is -2.47. The van der Waals surface area contributed by atoms with Crippen LogP contribution in [0.25, 0.3) is 0 Å². The third-order valence-corrected chi connectivity index (χ3v) is 6.98. The zero-order valence-corrected chi connectivity index (χ0v) is 20.1. The molecule has 3 aromatic rings. The van der Waals surface area contributed by atoms with Crippen LogP contribution in [-0.4, -0.2) is 44.8 Å². The van der Waals surface area contributed by atoms with Gasteiger partial charge in [0.05, 0.1) is 17.4 Å². The summed E-state index contributed by atoms with van der Waals surface area (Å²) >= 11 is 0. The Morgan fingerprint density at radius 3 is 2.47 bits per heavy atom. The van der Waals surface area contributed by atoms with Crippen LogP contribution in [0, 0.1) is 12.3 Å². The van der Waals surface area contributed by atoms with Crippen LogP contribution < -0.4 is 21.5 Å². The van der Waals surface area contributed by atoms with Crippen molar-refractivity contribution < 1.29 is 9.90 Å². The highest BCUT2D eigenvalue weighted by Gasteiger charge is 2.46. The molecule has 0 aliphatic heterocycles. The van der Waals surface area contributed by atoms with Gasteiger partial charge in [0.25, 0.3) is 16.8 Å². The molecule has 1 aliphatic rings. The van der Waals surface area contributed by atoms with Crippen LogP contribution in [0.4, 0.5) is 17.1 Å². The van der Waals surface area contributed by atoms with Crippen LogP contribution in [0.3, 0.4) is 0 Å². The first-order chi connectivity index (χ1) is 16.1. The van der Waals surface area contributed by atoms with Gasteiger partial charge in [-0.05, 0) is 43.2 Å². The maximum atomic E-state index is 12.6. The number of carbonyl (C=O) groups is 1. The number of hydrogen-bond acceptors (Lipinski definition) is 8. The Morgan fingerprint density at radius 1 is 1.26 bits per heavy atom. The third-order valence-electron chi connectivity index (χ3n) is 6.98. The first kappa shape index (κ1) is 23.5. The predicted molar refractivity (Wildman–Crippen MR) is 129 cm³/mol. The van der Waals surface area contributed by atoms with E-state index in [4.69, 9.17) is 0 Å². The average Bonchev–Trinajstić information content (AvgIpc) is 3.11. The van der Waals surface area contributed by atoms with Gasteiger partial charge in [0.1, 0.15) is 11.4 Å². The molecule has 34 heavy (non-hydrogen) atoms. The summed E-state index contributed by atoms with van der Waals surface area (Å²) in [7, 11) is 4.95. The number of aromatic hydroxyl groups is 1. The summed E-state index contributed by atoms with van der Waals surface area (Å²) < 4.78 is 1.75. The van der Waals surface area contributed by atoms with Gasteiger partial charge in [-0.2, -0.15) is 5.10 Å². The van der Waals surface area contributed by atoms with E-state index in [9.17, 15) is 19.5 Å². The van der Waals surface area contributed by atoms with Crippen molar-refractivity contribution in [1.82, 2.24) is 19.7 Å². The fourth-order valence-electron chi connectivity index (χ4n) is 4.75. The Balaban J connectivity index is 1.70. The fraction of sp³-hybridized carbons (Fsp3) is 0.458. The number of amides is 1. The molecular formula is C24H30N6O4. The van der Waals surface area contributed by atoms with E-state index in [0.717, 1.165) is 36.9 Å². The fourth-order valence-corrected chi connectivity index (χ4v) is 4.75. The molecule has 2 aromatic heterocycles. The predicted octanol–water partition coefficient (Wildman–Crippen LogP) is 2.60. The van der Waals surface area contributed by atoms with Gasteiger partial charge in [-0.25, -0.2) is 4.98 Å². The molecule has 2 heterocycles. The van der Waals surface area contributed by atoms with E-state index in [0.29, 0.717) is 0 Å². The molecule has 1 aromatic carbocycles. The Morgan fingerprint density at radius 2 is 1.94 bits per heavy atom. The summed E-state index contributed by atoms with van der Waals surface area (Å²) in [4.78, 5) is 42.7. The van der Waals surface area contributed by atoms with Crippen molar-refractivity contribution in [3.8, 4) is 5.75 Å². The molecule has 0 spiro atoms. The Bertz CT molecular complexity index is 1310. The molecule has 1 atom stereocenters. The summed E-state index contributed by atoms with van der Waals surface area (Å²) in [5, 5.41) is 21.5. The van der Waals surface area contributed by atoms with Crippen LogP contribution in [0.5, 0.6) is 5.75 Å². The monoisotopic (exact) mass is 466 g/mol. The molecule has 0 bridgehead atoms. The van der Waals surface area contributed by atoms with Crippen molar-refractivity contribution in [2.24, 2.45) is 12.5 Å². The standard InChI is InChI=1S/C24H30N6O4/c1-6-24(9-7-10-24)22(15-13(2)12-30(5)28-15)27-17-16(20(32)21(17)33)26-14-8-11-25-18(19(14)31)23(34)29(3)4/h8,11-12,22,27,31H,6-7,9-10H2,1-5H3,(H,25,26)/t22-/m0/s1. The van der Waals surface area contributed by atoms with Gasteiger partial charge in [0.15, 0.2) is 11.4 Å². The van der Waals surface area contributed by atoms with Crippen molar-refractivity contribution in [3.05, 3.63) is 55.9 Å². The zero-order chi connectivity index (χ0) is 24.8. The van der Waals surface area contributed by atoms with Crippen molar-refractivity contribution in [2.45, 2.75) is 45.6 Å². The molecule has 0 unspecified atom stereocenters. The SMILES string of the molecule is CCC1([C@@H](Nc2c(Nc3ccnc(C(=O)N(C)C)c3O)c(=O)c2=O)c2nn(C)cc2C)CCC1. The van der Waals surface area contributed by atoms with Gasteiger partial charge in [0, 0.05) is 33.5 Å². The molecule has 0 radical (unpaired) electrons. The van der Waals surface area contributed by atoms with E-state index in [1.165, 1.54) is 17.2 Å². The number of aromatic nitrogens is 3. The third kappa shape index (κ3) is 3.72. The minimum absolute atomic E-state index is 0.0545. The van der Waals surface area contributed by atoms with E-state index >= 15 is 0 Å². The summed E-state index contributed by atoms with van der Waals surface area (Å²) in [5.74, 6) is -0.869. The lowest BCUT2D eigenvalue weighted by atomic mass is 9.61. The maximum absolute atomic E-state index is 12.6. The molecule has 180 valence electrons. The number of aryl methyl sites for hydroxylation is 2. The molecule has 1 amide bonds. The highest BCUT2D eigenvalue weighted by Crippen LogP contribution is 2.54.